The zero-order valence-electron chi connectivity index (χ0n) is 21.3. The van der Waals surface area contributed by atoms with Gasteiger partial charge in [0.05, 0.1) is 7.11 Å². The van der Waals surface area contributed by atoms with Gasteiger partial charge in [0.1, 0.15) is 11.8 Å². The lowest BCUT2D eigenvalue weighted by Crippen LogP contribution is -2.55. The minimum atomic E-state index is -0.679. The molecule has 1 aliphatic heterocycles. The molecule has 0 radical (unpaired) electrons. The van der Waals surface area contributed by atoms with Crippen LogP contribution in [0.3, 0.4) is 0 Å². The molecule has 2 aromatic rings. The van der Waals surface area contributed by atoms with Crippen molar-refractivity contribution in [2.45, 2.75) is 52.6 Å². The molecule has 0 aliphatic carbocycles. The van der Waals surface area contributed by atoms with E-state index in [2.05, 4.69) is 10.6 Å². The normalized spacial score (nSPS) is 15.9. The third-order valence-corrected chi connectivity index (χ3v) is 6.85. The number of carbonyl (C=O) groups excluding carboxylic acids is 3. The first kappa shape index (κ1) is 26.3. The van der Waals surface area contributed by atoms with Crippen LogP contribution in [0.25, 0.3) is 0 Å². The van der Waals surface area contributed by atoms with Gasteiger partial charge < -0.3 is 20.3 Å². The molecule has 7 heteroatoms. The van der Waals surface area contributed by atoms with E-state index < -0.39 is 6.04 Å². The maximum Gasteiger partial charge on any atom is 0.253 e. The highest BCUT2D eigenvalue weighted by Crippen LogP contribution is 2.24. The van der Waals surface area contributed by atoms with Gasteiger partial charge >= 0.3 is 0 Å². The van der Waals surface area contributed by atoms with Gasteiger partial charge in [-0.15, -0.1) is 0 Å². The predicted octanol–water partition coefficient (Wildman–Crippen LogP) is 3.82. The monoisotopic (exact) mass is 479 g/mol. The molecule has 7 nitrogen and oxygen atoms in total. The number of ether oxygens (including phenoxy) is 1. The van der Waals surface area contributed by atoms with Crippen LogP contribution in [-0.2, 0) is 4.79 Å². The molecule has 3 amide bonds. The summed E-state index contributed by atoms with van der Waals surface area (Å²) < 4.78 is 5.17. The molecule has 1 fully saturated rings. The minimum absolute atomic E-state index is 0.00356. The smallest absolute Gasteiger partial charge is 0.253 e. The summed E-state index contributed by atoms with van der Waals surface area (Å²) in [4.78, 5) is 41.1. The first-order valence-corrected chi connectivity index (χ1v) is 12.3. The molecule has 0 spiro atoms. The summed E-state index contributed by atoms with van der Waals surface area (Å²) in [6.07, 6.45) is 1.27. The summed E-state index contributed by atoms with van der Waals surface area (Å²) in [6.45, 7) is 9.11. The number of hydrogen-bond acceptors (Lipinski definition) is 4. The van der Waals surface area contributed by atoms with Gasteiger partial charge in [-0.05, 0) is 74.9 Å². The van der Waals surface area contributed by atoms with Gasteiger partial charge in [0.15, 0.2) is 0 Å². The molecular formula is C28H37N3O4. The average molecular weight is 480 g/mol. The van der Waals surface area contributed by atoms with Crippen molar-refractivity contribution in [1.82, 2.24) is 15.5 Å². The topological polar surface area (TPSA) is 87.7 Å². The summed E-state index contributed by atoms with van der Waals surface area (Å²) in [5, 5.41) is 6.04. The van der Waals surface area contributed by atoms with Crippen molar-refractivity contribution in [2.24, 2.45) is 11.8 Å². The highest BCUT2D eigenvalue weighted by atomic mass is 16.5. The molecule has 1 saturated heterocycles. The van der Waals surface area contributed by atoms with Crippen molar-refractivity contribution < 1.29 is 19.1 Å². The Kier molecular flexibility index (Phi) is 8.90. The Labute approximate surface area is 208 Å². The Hall–Kier alpha value is -3.35. The molecular weight excluding hydrogens is 442 g/mol. The second kappa shape index (κ2) is 11.9. The number of likely N-dealkylation sites (tertiary alicyclic amines) is 1. The van der Waals surface area contributed by atoms with E-state index in [0.29, 0.717) is 42.8 Å². The zero-order valence-corrected chi connectivity index (χ0v) is 21.3. The molecule has 2 N–H and O–H groups in total. The second-order valence-electron chi connectivity index (χ2n) is 9.72. The molecule has 2 aromatic carbocycles. The Morgan fingerprint density at radius 1 is 0.943 bits per heavy atom. The zero-order chi connectivity index (χ0) is 25.5. The number of carbonyl (C=O) groups is 3. The Bertz CT molecular complexity index is 1030. The van der Waals surface area contributed by atoms with E-state index in [0.717, 1.165) is 5.56 Å². The fourth-order valence-corrected chi connectivity index (χ4v) is 4.24. The van der Waals surface area contributed by atoms with Crippen LogP contribution < -0.4 is 15.4 Å². The van der Waals surface area contributed by atoms with Crippen molar-refractivity contribution in [1.29, 1.82) is 0 Å². The number of piperidine rings is 1. The molecule has 188 valence electrons. The van der Waals surface area contributed by atoms with Crippen LogP contribution in [0.4, 0.5) is 0 Å². The van der Waals surface area contributed by atoms with Crippen molar-refractivity contribution >= 4 is 17.7 Å². The number of rotatable bonds is 8. The van der Waals surface area contributed by atoms with Gasteiger partial charge in [-0.1, -0.05) is 31.5 Å². The number of nitrogens with zero attached hydrogens (tertiary/aromatic N) is 1. The molecule has 1 heterocycles. The Morgan fingerprint density at radius 2 is 1.60 bits per heavy atom. The molecule has 1 aliphatic rings. The van der Waals surface area contributed by atoms with Crippen LogP contribution >= 0.6 is 0 Å². The van der Waals surface area contributed by atoms with E-state index in [9.17, 15) is 14.4 Å². The lowest BCUT2D eigenvalue weighted by Gasteiger charge is -2.36. The lowest BCUT2D eigenvalue weighted by molar-refractivity contribution is -0.125. The quantitative estimate of drug-likeness (QED) is 0.603. The van der Waals surface area contributed by atoms with E-state index >= 15 is 0 Å². The van der Waals surface area contributed by atoms with Crippen molar-refractivity contribution in [3.8, 4) is 5.75 Å². The van der Waals surface area contributed by atoms with E-state index in [1.54, 1.807) is 31.4 Å². The van der Waals surface area contributed by atoms with Crippen LogP contribution in [0.1, 0.15) is 59.9 Å². The third-order valence-electron chi connectivity index (χ3n) is 6.85. The molecule has 0 unspecified atom stereocenters. The van der Waals surface area contributed by atoms with Gasteiger partial charge in [0.25, 0.3) is 11.8 Å². The minimum Gasteiger partial charge on any atom is -0.497 e. The molecule has 3 rings (SSSR count). The summed E-state index contributed by atoms with van der Waals surface area (Å²) in [5.74, 6) is 0.375. The van der Waals surface area contributed by atoms with E-state index in [-0.39, 0.29) is 35.6 Å². The van der Waals surface area contributed by atoms with Gasteiger partial charge in [-0.3, -0.25) is 14.4 Å². The second-order valence-corrected chi connectivity index (χ2v) is 9.72. The van der Waals surface area contributed by atoms with E-state index in [4.69, 9.17) is 4.74 Å². The number of amides is 3. The molecule has 2 atom stereocenters. The number of aryl methyl sites for hydroxylation is 1. The van der Waals surface area contributed by atoms with Gasteiger partial charge in [0, 0.05) is 30.3 Å². The van der Waals surface area contributed by atoms with Gasteiger partial charge in [-0.25, -0.2) is 0 Å². The van der Waals surface area contributed by atoms with Crippen LogP contribution in [0, 0.1) is 18.8 Å². The predicted molar refractivity (Wildman–Crippen MR) is 136 cm³/mol. The van der Waals surface area contributed by atoms with Crippen LogP contribution in [0.2, 0.25) is 0 Å². The fraction of sp³-hybridized carbons (Fsp3) is 0.464. The fourth-order valence-electron chi connectivity index (χ4n) is 4.24. The Balaban J connectivity index is 1.71. The summed E-state index contributed by atoms with van der Waals surface area (Å²) in [6, 6.07) is 13.7. The first-order valence-electron chi connectivity index (χ1n) is 12.3. The summed E-state index contributed by atoms with van der Waals surface area (Å²) in [5.41, 5.74) is 2.19. The van der Waals surface area contributed by atoms with E-state index in [1.165, 1.54) is 0 Å². The van der Waals surface area contributed by atoms with Crippen molar-refractivity contribution in [3.63, 3.8) is 0 Å². The summed E-state index contributed by atoms with van der Waals surface area (Å²) in [7, 11) is 1.57. The highest BCUT2D eigenvalue weighted by Gasteiger charge is 2.35. The highest BCUT2D eigenvalue weighted by molar-refractivity contribution is 5.98. The van der Waals surface area contributed by atoms with Crippen molar-refractivity contribution in [3.05, 3.63) is 65.2 Å². The third kappa shape index (κ3) is 6.84. The molecule has 35 heavy (non-hydrogen) atoms. The van der Waals surface area contributed by atoms with E-state index in [1.807, 2.05) is 56.9 Å². The maximum atomic E-state index is 13.3. The van der Waals surface area contributed by atoms with Crippen LogP contribution in [0.5, 0.6) is 5.75 Å². The average Bonchev–Trinajstić information content (AvgIpc) is 2.86. The largest absolute Gasteiger partial charge is 0.497 e. The Morgan fingerprint density at radius 3 is 2.17 bits per heavy atom. The van der Waals surface area contributed by atoms with Gasteiger partial charge in [-0.2, -0.15) is 0 Å². The first-order chi connectivity index (χ1) is 16.7. The number of benzene rings is 2. The molecule has 0 aromatic heterocycles. The SMILES string of the molecule is COc1ccc(C(=O)N[C@H](C(=O)N[C@H](C)C(C)C)C2CCN(C(=O)c3cccc(C)c3)CC2)cc1. The van der Waals surface area contributed by atoms with Crippen LogP contribution in [-0.4, -0.2) is 54.9 Å². The maximum absolute atomic E-state index is 13.3. The number of hydrogen-bond donors (Lipinski definition) is 2. The number of methoxy groups -OCH3 is 1. The standard InChI is InChI=1S/C28H37N3O4/c1-18(2)20(4)29-27(33)25(30-26(32)22-9-11-24(35-5)12-10-22)21-13-15-31(16-14-21)28(34)23-8-6-7-19(3)17-23/h6-12,17-18,20-21,25H,13-16H2,1-5H3,(H,29,33)(H,30,32)/t20-,25+/m1/s1. The van der Waals surface area contributed by atoms with Crippen molar-refractivity contribution in [2.75, 3.05) is 20.2 Å². The molecule has 0 saturated carbocycles. The molecule has 0 bridgehead atoms. The van der Waals surface area contributed by atoms with Crippen LogP contribution in [0.15, 0.2) is 48.5 Å². The number of nitrogens with one attached hydrogen (secondary N) is 2. The van der Waals surface area contributed by atoms with Gasteiger partial charge in [0.2, 0.25) is 5.91 Å². The lowest BCUT2D eigenvalue weighted by atomic mass is 9.87. The summed E-state index contributed by atoms with van der Waals surface area (Å²) >= 11 is 0.